The molecule has 3 nitrogen and oxygen atoms in total. The molecule has 2 N–H and O–H groups in total. The van der Waals surface area contributed by atoms with Crippen LogP contribution in [-0.2, 0) is 0 Å². The summed E-state index contributed by atoms with van der Waals surface area (Å²) in [6.07, 6.45) is 3.36. The smallest absolute Gasteiger partial charge is 0.254 e. The molecule has 1 fully saturated rings. The fraction of sp³-hybridized carbons (Fsp3) is 0.533. The molecule has 0 bridgehead atoms. The van der Waals surface area contributed by atoms with Gasteiger partial charge < -0.3 is 10.4 Å². The van der Waals surface area contributed by atoms with Crippen LogP contribution in [0, 0.1) is 11.7 Å². The molecule has 2 unspecified atom stereocenters. The van der Waals surface area contributed by atoms with Gasteiger partial charge in [0, 0.05) is 11.6 Å². The van der Waals surface area contributed by atoms with Crippen LogP contribution in [0.5, 0.6) is 0 Å². The van der Waals surface area contributed by atoms with Gasteiger partial charge in [-0.05, 0) is 37.0 Å². The van der Waals surface area contributed by atoms with Gasteiger partial charge in [0.1, 0.15) is 5.82 Å². The van der Waals surface area contributed by atoms with Gasteiger partial charge in [-0.3, -0.25) is 4.79 Å². The number of amides is 1. The summed E-state index contributed by atoms with van der Waals surface area (Å²) in [5, 5.41) is 13.3. The van der Waals surface area contributed by atoms with Crippen molar-refractivity contribution in [3.63, 3.8) is 0 Å². The van der Waals surface area contributed by atoms with Crippen molar-refractivity contribution < 1.29 is 14.3 Å². The molecule has 0 saturated heterocycles. The molecule has 1 aromatic carbocycles. The van der Waals surface area contributed by atoms with Gasteiger partial charge in [0.15, 0.2) is 0 Å². The molecule has 1 amide bonds. The predicted octanol–water partition coefficient (Wildman–Crippen LogP) is 3.15. The first-order chi connectivity index (χ1) is 9.39. The Bertz CT molecular complexity index is 509. The molecule has 110 valence electrons. The first-order valence-electron chi connectivity index (χ1n) is 6.85. The Morgan fingerprint density at radius 1 is 1.60 bits per heavy atom. The maximum Gasteiger partial charge on any atom is 0.254 e. The lowest BCUT2D eigenvalue weighted by molar-refractivity contribution is -0.0109. The number of carbonyl (C=O) groups excluding carboxylic acids is 1. The van der Waals surface area contributed by atoms with Gasteiger partial charge in [-0.25, -0.2) is 4.39 Å². The zero-order valence-corrected chi connectivity index (χ0v) is 12.2. The Balaban J connectivity index is 1.99. The van der Waals surface area contributed by atoms with E-state index in [0.29, 0.717) is 23.8 Å². The van der Waals surface area contributed by atoms with E-state index in [9.17, 15) is 14.3 Å². The minimum Gasteiger partial charge on any atom is -0.388 e. The molecule has 0 aliphatic heterocycles. The van der Waals surface area contributed by atoms with Crippen molar-refractivity contribution in [3.8, 4) is 0 Å². The van der Waals surface area contributed by atoms with E-state index in [1.807, 2.05) is 0 Å². The predicted molar refractivity (Wildman–Crippen MR) is 76.3 cm³/mol. The van der Waals surface area contributed by atoms with Crippen LogP contribution < -0.4 is 5.32 Å². The summed E-state index contributed by atoms with van der Waals surface area (Å²) in [6, 6.07) is 3.85. The molecule has 1 aromatic rings. The van der Waals surface area contributed by atoms with Crippen molar-refractivity contribution in [3.05, 3.63) is 34.6 Å². The molecular weight excluding hydrogens is 281 g/mol. The van der Waals surface area contributed by atoms with Crippen LogP contribution in [-0.4, -0.2) is 23.2 Å². The lowest BCUT2D eigenvalue weighted by atomic mass is 9.79. The third-order valence-electron chi connectivity index (χ3n) is 3.82. The van der Waals surface area contributed by atoms with E-state index in [2.05, 4.69) is 12.2 Å². The minimum absolute atomic E-state index is 0.0926. The van der Waals surface area contributed by atoms with Crippen LogP contribution >= 0.6 is 11.6 Å². The van der Waals surface area contributed by atoms with Crippen molar-refractivity contribution in [1.29, 1.82) is 0 Å². The maximum absolute atomic E-state index is 13.6. The van der Waals surface area contributed by atoms with Crippen LogP contribution in [0.3, 0.4) is 0 Å². The second-order valence-electron chi connectivity index (χ2n) is 5.73. The highest BCUT2D eigenvalue weighted by molar-refractivity contribution is 6.30. The van der Waals surface area contributed by atoms with Gasteiger partial charge in [-0.2, -0.15) is 0 Å². The highest BCUT2D eigenvalue weighted by Crippen LogP contribution is 2.31. The van der Waals surface area contributed by atoms with E-state index in [1.165, 1.54) is 12.1 Å². The quantitative estimate of drug-likeness (QED) is 0.901. The van der Waals surface area contributed by atoms with Crippen molar-refractivity contribution in [1.82, 2.24) is 5.32 Å². The third kappa shape index (κ3) is 3.70. The van der Waals surface area contributed by atoms with Gasteiger partial charge in [0.05, 0.1) is 11.2 Å². The summed E-state index contributed by atoms with van der Waals surface area (Å²) in [5.74, 6) is -0.721. The SMILES string of the molecule is CC1CCCC(O)(CNC(=O)c2cc(Cl)ccc2F)C1. The summed E-state index contributed by atoms with van der Waals surface area (Å²) in [5.41, 5.74) is -0.979. The van der Waals surface area contributed by atoms with E-state index < -0.39 is 17.3 Å². The van der Waals surface area contributed by atoms with Crippen molar-refractivity contribution in [2.75, 3.05) is 6.54 Å². The molecule has 0 aromatic heterocycles. The number of nitrogens with one attached hydrogen (secondary N) is 1. The lowest BCUT2D eigenvalue weighted by Crippen LogP contribution is -2.45. The van der Waals surface area contributed by atoms with Gasteiger partial charge in [0.25, 0.3) is 5.91 Å². The summed E-state index contributed by atoms with van der Waals surface area (Å²) < 4.78 is 13.6. The fourth-order valence-corrected chi connectivity index (χ4v) is 2.98. The average Bonchev–Trinajstić information content (AvgIpc) is 2.39. The maximum atomic E-state index is 13.6. The van der Waals surface area contributed by atoms with Crippen LogP contribution in [0.2, 0.25) is 5.02 Å². The third-order valence-corrected chi connectivity index (χ3v) is 4.05. The molecular formula is C15H19ClFNO2. The molecule has 0 heterocycles. The van der Waals surface area contributed by atoms with E-state index in [0.717, 1.165) is 18.9 Å². The Labute approximate surface area is 123 Å². The Morgan fingerprint density at radius 2 is 2.35 bits per heavy atom. The van der Waals surface area contributed by atoms with Crippen LogP contribution in [0.15, 0.2) is 18.2 Å². The number of hydrogen-bond donors (Lipinski definition) is 2. The van der Waals surface area contributed by atoms with Gasteiger partial charge >= 0.3 is 0 Å². The Morgan fingerprint density at radius 3 is 3.05 bits per heavy atom. The molecule has 2 rings (SSSR count). The largest absolute Gasteiger partial charge is 0.388 e. The molecule has 20 heavy (non-hydrogen) atoms. The number of aliphatic hydroxyl groups is 1. The summed E-state index contributed by atoms with van der Waals surface area (Å²) in [7, 11) is 0. The molecule has 0 spiro atoms. The minimum atomic E-state index is -0.887. The fourth-order valence-electron chi connectivity index (χ4n) is 2.80. The Hall–Kier alpha value is -1.13. The molecule has 5 heteroatoms. The molecule has 1 saturated carbocycles. The summed E-state index contributed by atoms with van der Waals surface area (Å²) in [4.78, 5) is 12.0. The van der Waals surface area contributed by atoms with Gasteiger partial charge in [0.2, 0.25) is 0 Å². The molecule has 0 radical (unpaired) electrons. The van der Waals surface area contributed by atoms with Crippen LogP contribution in [0.4, 0.5) is 4.39 Å². The highest BCUT2D eigenvalue weighted by Gasteiger charge is 2.33. The van der Waals surface area contributed by atoms with Crippen LogP contribution in [0.25, 0.3) is 0 Å². The lowest BCUT2D eigenvalue weighted by Gasteiger charge is -2.35. The highest BCUT2D eigenvalue weighted by atomic mass is 35.5. The standard InChI is InChI=1S/C15H19ClFNO2/c1-10-3-2-6-15(20,8-10)9-18-14(19)12-7-11(16)4-5-13(12)17/h4-5,7,10,20H,2-3,6,8-9H2,1H3,(H,18,19). The van der Waals surface area contributed by atoms with E-state index in [1.54, 1.807) is 0 Å². The van der Waals surface area contributed by atoms with Crippen molar-refractivity contribution in [2.45, 2.75) is 38.2 Å². The first kappa shape index (κ1) is 15.3. The normalized spacial score (nSPS) is 26.3. The number of halogens is 2. The second kappa shape index (κ2) is 6.10. The van der Waals surface area contributed by atoms with Crippen molar-refractivity contribution >= 4 is 17.5 Å². The average molecular weight is 300 g/mol. The monoisotopic (exact) mass is 299 g/mol. The Kier molecular flexibility index (Phi) is 4.66. The summed E-state index contributed by atoms with van der Waals surface area (Å²) in [6.45, 7) is 2.23. The van der Waals surface area contributed by atoms with Crippen LogP contribution in [0.1, 0.15) is 43.0 Å². The molecule has 2 atom stereocenters. The van der Waals surface area contributed by atoms with E-state index >= 15 is 0 Å². The second-order valence-corrected chi connectivity index (χ2v) is 6.17. The van der Waals surface area contributed by atoms with Gasteiger partial charge in [-0.1, -0.05) is 31.4 Å². The number of hydrogen-bond acceptors (Lipinski definition) is 2. The molecule has 1 aliphatic carbocycles. The van der Waals surface area contributed by atoms with Gasteiger partial charge in [-0.15, -0.1) is 0 Å². The zero-order valence-electron chi connectivity index (χ0n) is 11.5. The number of carbonyl (C=O) groups is 1. The number of benzene rings is 1. The topological polar surface area (TPSA) is 49.3 Å². The van der Waals surface area contributed by atoms with E-state index in [4.69, 9.17) is 11.6 Å². The van der Waals surface area contributed by atoms with E-state index in [-0.39, 0.29) is 12.1 Å². The summed E-state index contributed by atoms with van der Waals surface area (Å²) >= 11 is 5.76. The first-order valence-corrected chi connectivity index (χ1v) is 7.23. The van der Waals surface area contributed by atoms with Crippen molar-refractivity contribution in [2.24, 2.45) is 5.92 Å². The molecule has 1 aliphatic rings. The zero-order chi connectivity index (χ0) is 14.8. The number of rotatable bonds is 3.